The summed E-state index contributed by atoms with van der Waals surface area (Å²) in [4.78, 5) is 49.3. The minimum Gasteiger partial charge on any atom is -0.368 e. The van der Waals surface area contributed by atoms with E-state index in [4.69, 9.17) is 11.5 Å². The van der Waals surface area contributed by atoms with E-state index in [1.54, 1.807) is 28.9 Å². The molecule has 0 bridgehead atoms. The number of carbonyl (C=O) groups is 2. The molecule has 4 rings (SSSR count). The molecule has 10 nitrogen and oxygen atoms in total. The average Bonchev–Trinajstić information content (AvgIpc) is 3.24. The Kier molecular flexibility index (Phi) is 5.83. The molecular formula is C22H27N7O3S. The fraction of sp³-hybridized carbons (Fsp3) is 0.409. The molecule has 0 spiro atoms. The van der Waals surface area contributed by atoms with Gasteiger partial charge in [0.2, 0.25) is 11.8 Å². The lowest BCUT2D eigenvalue weighted by Gasteiger charge is -2.27. The number of imidazole rings is 1. The Labute approximate surface area is 194 Å². The van der Waals surface area contributed by atoms with Crippen LogP contribution in [0.25, 0.3) is 16.9 Å². The molecule has 174 valence electrons. The zero-order chi connectivity index (χ0) is 24.0. The molecular weight excluding hydrogens is 442 g/mol. The summed E-state index contributed by atoms with van der Waals surface area (Å²) in [6.45, 7) is 8.46. The molecule has 0 saturated heterocycles. The van der Waals surface area contributed by atoms with Crippen LogP contribution in [0.3, 0.4) is 0 Å². The first-order valence-electron chi connectivity index (χ1n) is 10.7. The van der Waals surface area contributed by atoms with E-state index in [1.165, 1.54) is 4.57 Å². The van der Waals surface area contributed by atoms with Gasteiger partial charge in [0.05, 0.1) is 5.69 Å². The van der Waals surface area contributed by atoms with Gasteiger partial charge in [-0.25, -0.2) is 19.3 Å². The number of fused-ring (bicyclic) bond motifs is 1. The van der Waals surface area contributed by atoms with Gasteiger partial charge in [-0.2, -0.15) is 0 Å². The van der Waals surface area contributed by atoms with E-state index in [9.17, 15) is 14.4 Å². The highest BCUT2D eigenvalue weighted by atomic mass is 32.1. The Morgan fingerprint density at radius 1 is 1.21 bits per heavy atom. The topological polar surface area (TPSA) is 142 Å². The quantitative estimate of drug-likeness (QED) is 0.560. The van der Waals surface area contributed by atoms with Crippen molar-refractivity contribution in [2.45, 2.75) is 46.6 Å². The van der Waals surface area contributed by atoms with Gasteiger partial charge in [0, 0.05) is 23.5 Å². The summed E-state index contributed by atoms with van der Waals surface area (Å²) in [6, 6.07) is 0. The van der Waals surface area contributed by atoms with Crippen LogP contribution in [-0.4, -0.2) is 44.0 Å². The molecule has 0 aromatic carbocycles. The Hall–Kier alpha value is -3.47. The smallest absolute Gasteiger partial charge is 0.335 e. The summed E-state index contributed by atoms with van der Waals surface area (Å²) < 4.78 is 2.92. The number of nitrogens with zero attached hydrogens (tertiary/aromatic N) is 5. The Morgan fingerprint density at radius 2 is 1.94 bits per heavy atom. The van der Waals surface area contributed by atoms with Crippen LogP contribution in [0.1, 0.15) is 42.5 Å². The number of hydrogen-bond donors (Lipinski definition) is 2. The largest absolute Gasteiger partial charge is 0.368 e. The first-order chi connectivity index (χ1) is 15.6. The van der Waals surface area contributed by atoms with Crippen LogP contribution in [0.2, 0.25) is 0 Å². The van der Waals surface area contributed by atoms with Crippen LogP contribution in [0.5, 0.6) is 0 Å². The molecule has 4 N–H and O–H groups in total. The highest BCUT2D eigenvalue weighted by molar-refractivity contribution is 7.10. The second kappa shape index (κ2) is 8.47. The van der Waals surface area contributed by atoms with E-state index in [0.29, 0.717) is 47.9 Å². The summed E-state index contributed by atoms with van der Waals surface area (Å²) in [6.07, 6.45) is 2.23. The van der Waals surface area contributed by atoms with Crippen molar-refractivity contribution in [3.05, 3.63) is 43.8 Å². The number of thiophene rings is 1. The normalized spacial score (nSPS) is 14.2. The summed E-state index contributed by atoms with van der Waals surface area (Å²) in [5.74, 6) is 0.126. The number of hydrogen-bond acceptors (Lipinski definition) is 7. The van der Waals surface area contributed by atoms with Crippen molar-refractivity contribution < 1.29 is 9.59 Å². The third-order valence-corrected chi connectivity index (χ3v) is 6.74. The number of amides is 2. The maximum Gasteiger partial charge on any atom is 0.335 e. The second-order valence-electron chi connectivity index (χ2n) is 8.48. The fourth-order valence-electron chi connectivity index (χ4n) is 4.21. The lowest BCUT2D eigenvalue weighted by atomic mass is 10.0. The van der Waals surface area contributed by atoms with E-state index < -0.39 is 17.5 Å². The highest BCUT2D eigenvalue weighted by Crippen LogP contribution is 2.34. The van der Waals surface area contributed by atoms with Gasteiger partial charge < -0.3 is 16.4 Å². The lowest BCUT2D eigenvalue weighted by Crippen LogP contribution is -2.33. The van der Waals surface area contributed by atoms with E-state index >= 15 is 0 Å². The van der Waals surface area contributed by atoms with Crippen LogP contribution in [-0.2, 0) is 16.1 Å². The number of rotatable bonds is 6. The number of primary amides is 2. The first kappa shape index (κ1) is 22.7. The van der Waals surface area contributed by atoms with E-state index in [0.717, 1.165) is 16.1 Å². The van der Waals surface area contributed by atoms with Crippen LogP contribution in [0, 0.1) is 13.8 Å². The SMILES string of the molecule is Cc1nc(N2CC=C(C(N)=O)CC2)c2c(n1)n(-c1c(C(C)C)csc1C)c(=O)n2CC(N)=O. The maximum absolute atomic E-state index is 13.7. The van der Waals surface area contributed by atoms with Crippen molar-refractivity contribution in [3.8, 4) is 5.69 Å². The minimum absolute atomic E-state index is 0.188. The molecule has 4 heterocycles. The van der Waals surface area contributed by atoms with Crippen molar-refractivity contribution in [1.29, 1.82) is 0 Å². The molecule has 0 aliphatic carbocycles. The number of carbonyl (C=O) groups excluding carboxylic acids is 2. The van der Waals surface area contributed by atoms with Gasteiger partial charge in [0.1, 0.15) is 17.9 Å². The van der Waals surface area contributed by atoms with Crippen molar-refractivity contribution in [2.24, 2.45) is 11.5 Å². The average molecular weight is 470 g/mol. The predicted molar refractivity (Wildman–Crippen MR) is 128 cm³/mol. The number of anilines is 1. The van der Waals surface area contributed by atoms with Crippen LogP contribution in [0.4, 0.5) is 5.82 Å². The van der Waals surface area contributed by atoms with Crippen LogP contribution < -0.4 is 22.1 Å². The van der Waals surface area contributed by atoms with Gasteiger partial charge in [0.25, 0.3) is 0 Å². The molecule has 2 amide bonds. The minimum atomic E-state index is -0.636. The molecule has 33 heavy (non-hydrogen) atoms. The Morgan fingerprint density at radius 3 is 2.52 bits per heavy atom. The zero-order valence-electron chi connectivity index (χ0n) is 19.1. The van der Waals surface area contributed by atoms with E-state index in [1.807, 2.05) is 11.8 Å². The van der Waals surface area contributed by atoms with Gasteiger partial charge in [-0.15, -0.1) is 11.3 Å². The molecule has 11 heteroatoms. The number of nitrogens with two attached hydrogens (primary N) is 2. The molecule has 1 aliphatic heterocycles. The summed E-state index contributed by atoms with van der Waals surface area (Å²) in [7, 11) is 0. The molecule has 1 aliphatic rings. The number of aryl methyl sites for hydroxylation is 2. The monoisotopic (exact) mass is 469 g/mol. The van der Waals surface area contributed by atoms with Crippen molar-refractivity contribution >= 4 is 40.1 Å². The standard InChI is InChI=1S/C22H27N7O3S/c1-11(2)15-10-33-12(3)17(15)29-21-18(28(22(29)32)9-16(23)30)20(25-13(4)26-21)27-7-5-14(6-8-27)19(24)31/h5,10-11H,6-9H2,1-4H3,(H2,23,30)(H2,24,31). The summed E-state index contributed by atoms with van der Waals surface area (Å²) in [5.41, 5.74) is 13.8. The van der Waals surface area contributed by atoms with E-state index in [2.05, 4.69) is 29.2 Å². The molecule has 3 aromatic heterocycles. The molecule has 0 unspecified atom stereocenters. The maximum atomic E-state index is 13.7. The van der Waals surface area contributed by atoms with Gasteiger partial charge in [-0.05, 0) is 37.1 Å². The summed E-state index contributed by atoms with van der Waals surface area (Å²) in [5, 5.41) is 2.05. The highest BCUT2D eigenvalue weighted by Gasteiger charge is 2.28. The molecule has 0 fully saturated rings. The predicted octanol–water partition coefficient (Wildman–Crippen LogP) is 1.49. The lowest BCUT2D eigenvalue weighted by molar-refractivity contribution is -0.118. The second-order valence-corrected chi connectivity index (χ2v) is 9.56. The molecule has 0 saturated carbocycles. The van der Waals surface area contributed by atoms with Crippen molar-refractivity contribution in [1.82, 2.24) is 19.1 Å². The van der Waals surface area contributed by atoms with Gasteiger partial charge in [0.15, 0.2) is 11.5 Å². The fourth-order valence-corrected chi connectivity index (χ4v) is 5.22. The van der Waals surface area contributed by atoms with E-state index in [-0.39, 0.29) is 12.5 Å². The third kappa shape index (κ3) is 3.92. The molecule has 0 radical (unpaired) electrons. The van der Waals surface area contributed by atoms with Crippen LogP contribution in [0.15, 0.2) is 21.8 Å². The van der Waals surface area contributed by atoms with Crippen LogP contribution >= 0.6 is 11.3 Å². The summed E-state index contributed by atoms with van der Waals surface area (Å²) >= 11 is 1.57. The third-order valence-electron chi connectivity index (χ3n) is 5.82. The number of aromatic nitrogens is 4. The first-order valence-corrected chi connectivity index (χ1v) is 11.6. The Balaban J connectivity index is 2.03. The van der Waals surface area contributed by atoms with Crippen molar-refractivity contribution in [2.75, 3.05) is 18.0 Å². The molecule has 3 aromatic rings. The van der Waals surface area contributed by atoms with Gasteiger partial charge in [-0.1, -0.05) is 19.9 Å². The molecule has 0 atom stereocenters. The van der Waals surface area contributed by atoms with Gasteiger partial charge in [-0.3, -0.25) is 14.2 Å². The van der Waals surface area contributed by atoms with Crippen molar-refractivity contribution in [3.63, 3.8) is 0 Å². The van der Waals surface area contributed by atoms with Gasteiger partial charge >= 0.3 is 5.69 Å². The Bertz CT molecular complexity index is 1360. The zero-order valence-corrected chi connectivity index (χ0v) is 19.9.